The van der Waals surface area contributed by atoms with E-state index in [1.165, 1.54) is 0 Å². The fourth-order valence-corrected chi connectivity index (χ4v) is 2.78. The molecule has 1 fully saturated rings. The molecule has 3 atom stereocenters. The number of nitrogens with one attached hydrogen (secondary N) is 1. The normalized spacial score (nSPS) is 25.8. The highest BCUT2D eigenvalue weighted by molar-refractivity contribution is 5.80. The molecule has 0 aromatic heterocycles. The molecule has 0 radical (unpaired) electrons. The Morgan fingerprint density at radius 1 is 1.24 bits per heavy atom. The summed E-state index contributed by atoms with van der Waals surface area (Å²) < 4.78 is 16.1. The van der Waals surface area contributed by atoms with Gasteiger partial charge in [0, 0.05) is 33.9 Å². The molecule has 1 N–H and O–H groups in total. The van der Waals surface area contributed by atoms with Crippen molar-refractivity contribution in [2.24, 2.45) is 0 Å². The summed E-state index contributed by atoms with van der Waals surface area (Å²) in [6.45, 7) is 9.35. The highest BCUT2D eigenvalue weighted by Gasteiger charge is 2.37. The second-order valence-corrected chi connectivity index (χ2v) is 5.64. The molecule has 3 unspecified atom stereocenters. The van der Waals surface area contributed by atoms with E-state index in [0.717, 1.165) is 26.2 Å². The number of esters is 1. The molecule has 1 heterocycles. The van der Waals surface area contributed by atoms with Crippen LogP contribution in [-0.2, 0) is 19.0 Å². The molecule has 0 aliphatic carbocycles. The predicted molar refractivity (Wildman–Crippen MR) is 81.4 cm³/mol. The number of methoxy groups -OCH3 is 2. The number of nitrogens with zero attached hydrogens (tertiary/aromatic N) is 1. The summed E-state index contributed by atoms with van der Waals surface area (Å²) in [7, 11) is 3.42. The molecular weight excluding hydrogens is 272 g/mol. The van der Waals surface area contributed by atoms with E-state index in [9.17, 15) is 4.79 Å². The van der Waals surface area contributed by atoms with Crippen LogP contribution in [-0.4, -0.2) is 75.6 Å². The smallest absolute Gasteiger partial charge is 0.326 e. The Morgan fingerprint density at radius 2 is 1.81 bits per heavy atom. The van der Waals surface area contributed by atoms with Crippen LogP contribution >= 0.6 is 0 Å². The van der Waals surface area contributed by atoms with Crippen LogP contribution in [0, 0.1) is 0 Å². The standard InChI is InChI=1S/C15H30N2O4/c1-6-16-15(3,14(18)21-7-2)8-9-17-10-12(19-4)13(11-17)20-5/h12-13,16H,6-11H2,1-5H3. The van der Waals surface area contributed by atoms with Crippen molar-refractivity contribution >= 4 is 5.97 Å². The fourth-order valence-electron chi connectivity index (χ4n) is 2.78. The summed E-state index contributed by atoms with van der Waals surface area (Å²) in [5.74, 6) is -0.183. The van der Waals surface area contributed by atoms with Gasteiger partial charge in [0.2, 0.25) is 0 Å². The molecular formula is C15H30N2O4. The number of ether oxygens (including phenoxy) is 3. The lowest BCUT2D eigenvalue weighted by Gasteiger charge is -2.30. The Kier molecular flexibility index (Phi) is 7.59. The third-order valence-corrected chi connectivity index (χ3v) is 4.12. The zero-order chi connectivity index (χ0) is 15.9. The first-order chi connectivity index (χ1) is 10.0. The molecule has 1 aliphatic heterocycles. The number of likely N-dealkylation sites (tertiary alicyclic amines) is 1. The van der Waals surface area contributed by atoms with Crippen molar-refractivity contribution in [1.29, 1.82) is 0 Å². The van der Waals surface area contributed by atoms with Gasteiger partial charge in [-0.25, -0.2) is 0 Å². The largest absolute Gasteiger partial charge is 0.465 e. The molecule has 1 aliphatic rings. The summed E-state index contributed by atoms with van der Waals surface area (Å²) in [5, 5.41) is 3.25. The summed E-state index contributed by atoms with van der Waals surface area (Å²) in [4.78, 5) is 14.4. The van der Waals surface area contributed by atoms with Crippen molar-refractivity contribution in [3.8, 4) is 0 Å². The average molecular weight is 302 g/mol. The number of rotatable bonds is 9. The highest BCUT2D eigenvalue weighted by Crippen LogP contribution is 2.19. The SMILES string of the molecule is CCNC(C)(CCN1CC(OC)C(OC)C1)C(=O)OCC. The first kappa shape index (κ1) is 18.4. The fraction of sp³-hybridized carbons (Fsp3) is 0.933. The van der Waals surface area contributed by atoms with E-state index in [-0.39, 0.29) is 18.2 Å². The van der Waals surface area contributed by atoms with E-state index in [4.69, 9.17) is 14.2 Å². The molecule has 0 bridgehead atoms. The number of carbonyl (C=O) groups is 1. The minimum Gasteiger partial charge on any atom is -0.465 e. The van der Waals surface area contributed by atoms with Crippen LogP contribution in [0.1, 0.15) is 27.2 Å². The lowest BCUT2D eigenvalue weighted by atomic mass is 9.97. The van der Waals surface area contributed by atoms with Gasteiger partial charge in [-0.15, -0.1) is 0 Å². The van der Waals surface area contributed by atoms with E-state index in [2.05, 4.69) is 10.2 Å². The first-order valence-corrected chi connectivity index (χ1v) is 7.70. The lowest BCUT2D eigenvalue weighted by Crippen LogP contribution is -2.52. The number of hydrogen-bond acceptors (Lipinski definition) is 6. The summed E-state index contributed by atoms with van der Waals surface area (Å²) in [5.41, 5.74) is -0.640. The molecule has 0 aromatic rings. The van der Waals surface area contributed by atoms with Gasteiger partial charge in [-0.05, 0) is 26.8 Å². The maximum Gasteiger partial charge on any atom is 0.326 e. The van der Waals surface area contributed by atoms with Crippen LogP contribution in [0.5, 0.6) is 0 Å². The van der Waals surface area contributed by atoms with Gasteiger partial charge in [0.1, 0.15) is 5.54 Å². The Bertz CT molecular complexity index is 315. The number of hydrogen-bond donors (Lipinski definition) is 1. The molecule has 1 saturated heterocycles. The third kappa shape index (κ3) is 4.92. The topological polar surface area (TPSA) is 60.0 Å². The van der Waals surface area contributed by atoms with E-state index in [1.54, 1.807) is 14.2 Å². The lowest BCUT2D eigenvalue weighted by molar-refractivity contribution is -0.151. The van der Waals surface area contributed by atoms with E-state index in [1.807, 2.05) is 20.8 Å². The Morgan fingerprint density at radius 3 is 2.24 bits per heavy atom. The Balaban J connectivity index is 2.56. The molecule has 21 heavy (non-hydrogen) atoms. The van der Waals surface area contributed by atoms with Crippen molar-refractivity contribution in [2.45, 2.75) is 44.9 Å². The van der Waals surface area contributed by atoms with Gasteiger partial charge in [-0.3, -0.25) is 9.69 Å². The van der Waals surface area contributed by atoms with Crippen molar-refractivity contribution in [3.05, 3.63) is 0 Å². The predicted octanol–water partition coefficient (Wildman–Crippen LogP) is 0.653. The Labute approximate surface area is 128 Å². The Hall–Kier alpha value is -0.690. The average Bonchev–Trinajstić information content (AvgIpc) is 2.88. The van der Waals surface area contributed by atoms with E-state index >= 15 is 0 Å². The minimum atomic E-state index is -0.640. The second-order valence-electron chi connectivity index (χ2n) is 5.64. The molecule has 6 heteroatoms. The first-order valence-electron chi connectivity index (χ1n) is 7.70. The molecule has 0 aromatic carbocycles. The molecule has 1 rings (SSSR count). The number of carbonyl (C=O) groups excluding carboxylic acids is 1. The quantitative estimate of drug-likeness (QED) is 0.631. The summed E-state index contributed by atoms with van der Waals surface area (Å²) >= 11 is 0. The third-order valence-electron chi connectivity index (χ3n) is 4.12. The van der Waals surface area contributed by atoms with E-state index < -0.39 is 5.54 Å². The zero-order valence-corrected chi connectivity index (χ0v) is 14.0. The van der Waals surface area contributed by atoms with Crippen molar-refractivity contribution < 1.29 is 19.0 Å². The summed E-state index contributed by atoms with van der Waals surface area (Å²) in [6.07, 6.45) is 0.901. The van der Waals surface area contributed by atoms with Gasteiger partial charge in [0.25, 0.3) is 0 Å². The van der Waals surface area contributed by atoms with Crippen molar-refractivity contribution in [2.75, 3.05) is 47.0 Å². The summed E-state index contributed by atoms with van der Waals surface area (Å²) in [6, 6.07) is 0. The monoisotopic (exact) mass is 302 g/mol. The van der Waals surface area contributed by atoms with Crippen LogP contribution < -0.4 is 5.32 Å². The van der Waals surface area contributed by atoms with E-state index in [0.29, 0.717) is 13.0 Å². The molecule has 124 valence electrons. The second kappa shape index (κ2) is 8.68. The van der Waals surface area contributed by atoms with Gasteiger partial charge in [0.15, 0.2) is 0 Å². The molecule has 0 spiro atoms. The van der Waals surface area contributed by atoms with Crippen LogP contribution in [0.2, 0.25) is 0 Å². The van der Waals surface area contributed by atoms with Gasteiger partial charge in [-0.2, -0.15) is 0 Å². The minimum absolute atomic E-state index is 0.1000. The molecule has 0 saturated carbocycles. The maximum absolute atomic E-state index is 12.1. The zero-order valence-electron chi connectivity index (χ0n) is 14.0. The molecule has 6 nitrogen and oxygen atoms in total. The highest BCUT2D eigenvalue weighted by atomic mass is 16.5. The van der Waals surface area contributed by atoms with Crippen LogP contribution in [0.25, 0.3) is 0 Å². The van der Waals surface area contributed by atoms with Gasteiger partial charge in [-0.1, -0.05) is 6.92 Å². The van der Waals surface area contributed by atoms with Gasteiger partial charge >= 0.3 is 5.97 Å². The van der Waals surface area contributed by atoms with Crippen molar-refractivity contribution in [3.63, 3.8) is 0 Å². The van der Waals surface area contributed by atoms with Gasteiger partial charge < -0.3 is 19.5 Å². The molecule has 0 amide bonds. The number of likely N-dealkylation sites (N-methyl/N-ethyl adjacent to an activating group) is 1. The van der Waals surface area contributed by atoms with Crippen LogP contribution in [0.3, 0.4) is 0 Å². The van der Waals surface area contributed by atoms with Crippen LogP contribution in [0.15, 0.2) is 0 Å². The van der Waals surface area contributed by atoms with Crippen LogP contribution in [0.4, 0.5) is 0 Å². The van der Waals surface area contributed by atoms with Crippen molar-refractivity contribution in [1.82, 2.24) is 10.2 Å². The van der Waals surface area contributed by atoms with Gasteiger partial charge in [0.05, 0.1) is 18.8 Å². The maximum atomic E-state index is 12.1.